The fraction of sp³-hybridized carbons (Fsp3) is 0.333. The van der Waals surface area contributed by atoms with Crippen LogP contribution < -0.4 is 0 Å². The fourth-order valence-corrected chi connectivity index (χ4v) is 1.82. The molecule has 0 aliphatic rings. The summed E-state index contributed by atoms with van der Waals surface area (Å²) in [6.07, 6.45) is -8.18. The number of aromatic nitrogens is 2. The first-order chi connectivity index (χ1) is 9.81. The standard InChI is InChI=1S/C12H13FN2O6/c13-4-1-2-5-6(3-4)15-11(14-5)9(18)7(16)8(17)10(19)12(20)21/h1-3,7-10,16-19H,(H,14,15)(H,20,21)/t7?,8-,9?,10?/m1/s1. The molecule has 0 radical (unpaired) electrons. The summed E-state index contributed by atoms with van der Waals surface area (Å²) in [5, 5.41) is 46.7. The van der Waals surface area contributed by atoms with Crippen molar-refractivity contribution >= 4 is 17.0 Å². The predicted molar refractivity (Wildman–Crippen MR) is 66.7 cm³/mol. The fourth-order valence-electron chi connectivity index (χ4n) is 1.82. The minimum atomic E-state index is -2.27. The Morgan fingerprint density at radius 2 is 1.86 bits per heavy atom. The van der Waals surface area contributed by atoms with Crippen LogP contribution in [0.2, 0.25) is 0 Å². The molecule has 21 heavy (non-hydrogen) atoms. The van der Waals surface area contributed by atoms with Crippen molar-refractivity contribution in [2.24, 2.45) is 0 Å². The second kappa shape index (κ2) is 5.74. The van der Waals surface area contributed by atoms with E-state index in [-0.39, 0.29) is 11.3 Å². The summed E-state index contributed by atoms with van der Waals surface area (Å²) >= 11 is 0. The van der Waals surface area contributed by atoms with Crippen LogP contribution in [0.4, 0.5) is 4.39 Å². The highest BCUT2D eigenvalue weighted by Gasteiger charge is 2.36. The molecule has 0 fully saturated rings. The van der Waals surface area contributed by atoms with Gasteiger partial charge in [-0.3, -0.25) is 0 Å². The number of imidazole rings is 1. The number of benzene rings is 1. The number of carbonyl (C=O) groups is 1. The molecule has 1 heterocycles. The molecule has 0 aliphatic carbocycles. The van der Waals surface area contributed by atoms with Gasteiger partial charge in [-0.1, -0.05) is 0 Å². The molecule has 1 aromatic carbocycles. The van der Waals surface area contributed by atoms with Crippen LogP contribution in [0, 0.1) is 5.82 Å². The molecule has 9 heteroatoms. The van der Waals surface area contributed by atoms with Gasteiger partial charge in [0.25, 0.3) is 0 Å². The summed E-state index contributed by atoms with van der Waals surface area (Å²) in [5.41, 5.74) is 0.565. The Morgan fingerprint density at radius 3 is 2.48 bits per heavy atom. The molecule has 114 valence electrons. The number of aliphatic hydroxyl groups excluding tert-OH is 4. The minimum absolute atomic E-state index is 0.185. The van der Waals surface area contributed by atoms with Gasteiger partial charge in [0, 0.05) is 6.07 Å². The van der Waals surface area contributed by atoms with E-state index < -0.39 is 36.2 Å². The number of aliphatic carboxylic acids is 1. The Kier molecular flexibility index (Phi) is 4.19. The summed E-state index contributed by atoms with van der Waals surface area (Å²) in [7, 11) is 0. The zero-order valence-corrected chi connectivity index (χ0v) is 10.5. The van der Waals surface area contributed by atoms with Crippen molar-refractivity contribution in [1.82, 2.24) is 9.97 Å². The Labute approximate surface area is 117 Å². The molecule has 2 rings (SSSR count). The van der Waals surface area contributed by atoms with Gasteiger partial charge in [0.2, 0.25) is 0 Å². The summed E-state index contributed by atoms with van der Waals surface area (Å²) in [4.78, 5) is 16.9. The van der Waals surface area contributed by atoms with E-state index in [1.807, 2.05) is 0 Å². The lowest BCUT2D eigenvalue weighted by atomic mass is 10.0. The third kappa shape index (κ3) is 3.00. The number of hydrogen-bond donors (Lipinski definition) is 6. The molecule has 0 amide bonds. The maximum atomic E-state index is 13.0. The van der Waals surface area contributed by atoms with Crippen LogP contribution in [-0.2, 0) is 4.79 Å². The van der Waals surface area contributed by atoms with Crippen LogP contribution in [0.25, 0.3) is 11.0 Å². The first-order valence-electron chi connectivity index (χ1n) is 5.91. The molecular weight excluding hydrogens is 287 g/mol. The predicted octanol–water partition coefficient (Wildman–Crippen LogP) is -1.10. The van der Waals surface area contributed by atoms with Crippen molar-refractivity contribution in [1.29, 1.82) is 0 Å². The highest BCUT2D eigenvalue weighted by atomic mass is 19.1. The number of nitrogens with one attached hydrogen (secondary N) is 1. The van der Waals surface area contributed by atoms with Crippen molar-refractivity contribution in [3.8, 4) is 0 Å². The number of rotatable bonds is 5. The smallest absolute Gasteiger partial charge is 0.335 e. The summed E-state index contributed by atoms with van der Waals surface area (Å²) in [6, 6.07) is 3.62. The lowest BCUT2D eigenvalue weighted by Gasteiger charge is -2.23. The van der Waals surface area contributed by atoms with Crippen LogP contribution in [0.15, 0.2) is 18.2 Å². The minimum Gasteiger partial charge on any atom is -0.479 e. The number of aromatic amines is 1. The van der Waals surface area contributed by atoms with Crippen molar-refractivity contribution in [2.45, 2.75) is 24.4 Å². The topological polar surface area (TPSA) is 147 Å². The second-order valence-corrected chi connectivity index (χ2v) is 4.49. The average Bonchev–Trinajstić information content (AvgIpc) is 2.86. The lowest BCUT2D eigenvalue weighted by Crippen LogP contribution is -2.45. The Balaban J connectivity index is 2.24. The van der Waals surface area contributed by atoms with Crippen LogP contribution in [-0.4, -0.2) is 59.8 Å². The van der Waals surface area contributed by atoms with Crippen molar-refractivity contribution < 1.29 is 34.7 Å². The van der Waals surface area contributed by atoms with Crippen LogP contribution >= 0.6 is 0 Å². The van der Waals surface area contributed by atoms with E-state index in [1.165, 1.54) is 6.07 Å². The molecule has 6 N–H and O–H groups in total. The van der Waals surface area contributed by atoms with Crippen LogP contribution in [0.5, 0.6) is 0 Å². The molecule has 0 aliphatic heterocycles. The third-order valence-corrected chi connectivity index (χ3v) is 2.99. The van der Waals surface area contributed by atoms with E-state index in [0.29, 0.717) is 5.52 Å². The first kappa shape index (κ1) is 15.3. The van der Waals surface area contributed by atoms with E-state index in [4.69, 9.17) is 10.2 Å². The molecule has 0 saturated carbocycles. The molecular formula is C12H13FN2O6. The van der Waals surface area contributed by atoms with Gasteiger partial charge in [-0.2, -0.15) is 0 Å². The van der Waals surface area contributed by atoms with Gasteiger partial charge in [-0.05, 0) is 12.1 Å². The molecule has 1 aromatic heterocycles. The number of H-pyrrole nitrogens is 1. The van der Waals surface area contributed by atoms with Gasteiger partial charge in [0.15, 0.2) is 6.10 Å². The number of hydrogen-bond acceptors (Lipinski definition) is 6. The summed E-state index contributed by atoms with van der Waals surface area (Å²) in [6.45, 7) is 0. The average molecular weight is 300 g/mol. The normalized spacial score (nSPS) is 17.4. The van der Waals surface area contributed by atoms with Crippen LogP contribution in [0.3, 0.4) is 0 Å². The number of nitrogens with zero attached hydrogens (tertiary/aromatic N) is 1. The van der Waals surface area contributed by atoms with Gasteiger partial charge < -0.3 is 30.5 Å². The number of carboxylic acids is 1. The number of halogens is 1. The Morgan fingerprint density at radius 1 is 1.19 bits per heavy atom. The Bertz CT molecular complexity index is 660. The number of fused-ring (bicyclic) bond motifs is 1. The quantitative estimate of drug-likeness (QED) is 0.411. The maximum absolute atomic E-state index is 13.0. The van der Waals surface area contributed by atoms with E-state index in [1.54, 1.807) is 0 Å². The molecule has 4 atom stereocenters. The van der Waals surface area contributed by atoms with E-state index in [2.05, 4.69) is 9.97 Å². The Hall–Kier alpha value is -2.07. The van der Waals surface area contributed by atoms with Gasteiger partial charge in [0.05, 0.1) is 11.0 Å². The van der Waals surface area contributed by atoms with Crippen molar-refractivity contribution in [3.05, 3.63) is 29.8 Å². The van der Waals surface area contributed by atoms with Gasteiger partial charge >= 0.3 is 5.97 Å². The molecule has 0 saturated heterocycles. The highest BCUT2D eigenvalue weighted by molar-refractivity contribution is 5.75. The summed E-state index contributed by atoms with van der Waals surface area (Å²) in [5.74, 6) is -2.49. The van der Waals surface area contributed by atoms with Gasteiger partial charge in [0.1, 0.15) is 30.0 Å². The molecule has 3 unspecified atom stereocenters. The van der Waals surface area contributed by atoms with Crippen molar-refractivity contribution in [3.63, 3.8) is 0 Å². The maximum Gasteiger partial charge on any atom is 0.335 e. The molecule has 0 spiro atoms. The zero-order valence-electron chi connectivity index (χ0n) is 10.5. The number of aliphatic hydroxyl groups is 4. The first-order valence-corrected chi connectivity index (χ1v) is 5.91. The number of carboxylic acid groups (broad SMARTS) is 1. The van der Waals surface area contributed by atoms with Crippen molar-refractivity contribution in [2.75, 3.05) is 0 Å². The van der Waals surface area contributed by atoms with Gasteiger partial charge in [-0.15, -0.1) is 0 Å². The lowest BCUT2D eigenvalue weighted by molar-refractivity contribution is -0.163. The molecule has 8 nitrogen and oxygen atoms in total. The zero-order chi connectivity index (χ0) is 15.7. The third-order valence-electron chi connectivity index (χ3n) is 2.99. The van der Waals surface area contributed by atoms with E-state index >= 15 is 0 Å². The monoisotopic (exact) mass is 300 g/mol. The van der Waals surface area contributed by atoms with E-state index in [9.17, 15) is 24.5 Å². The largest absolute Gasteiger partial charge is 0.479 e. The molecule has 2 aromatic rings. The van der Waals surface area contributed by atoms with Gasteiger partial charge in [-0.25, -0.2) is 14.2 Å². The van der Waals surface area contributed by atoms with E-state index in [0.717, 1.165) is 12.1 Å². The summed E-state index contributed by atoms with van der Waals surface area (Å²) < 4.78 is 13.0. The van der Waals surface area contributed by atoms with Crippen LogP contribution in [0.1, 0.15) is 11.9 Å². The molecule has 0 bridgehead atoms. The second-order valence-electron chi connectivity index (χ2n) is 4.49. The SMILES string of the molecule is O=C(O)C(O)[C@H](O)C(O)C(O)c1nc2cc(F)ccc2[nH]1. The highest BCUT2D eigenvalue weighted by Crippen LogP contribution is 2.21.